The van der Waals surface area contributed by atoms with Crippen molar-refractivity contribution in [2.24, 2.45) is 11.7 Å². The van der Waals surface area contributed by atoms with Crippen molar-refractivity contribution in [3.8, 4) is 11.5 Å². The van der Waals surface area contributed by atoms with Gasteiger partial charge in [-0.25, -0.2) is 0 Å². The number of benzene rings is 3. The molecule has 1 aliphatic heterocycles. The maximum atomic E-state index is 12.1. The molecule has 15 nitrogen and oxygen atoms in total. The summed E-state index contributed by atoms with van der Waals surface area (Å²) in [5, 5.41) is 20.3. The molecule has 0 aliphatic carbocycles. The van der Waals surface area contributed by atoms with E-state index in [1.54, 1.807) is 14.2 Å². The van der Waals surface area contributed by atoms with Crippen LogP contribution in [0.25, 0.3) is 0 Å². The lowest BCUT2D eigenvalue weighted by molar-refractivity contribution is -0.287. The second-order valence-electron chi connectivity index (χ2n) is 16.8. The maximum Gasteiger partial charge on any atom is 0.303 e. The predicted molar refractivity (Wildman–Crippen MR) is 246 cm³/mol. The fourth-order valence-corrected chi connectivity index (χ4v) is 8.41. The summed E-state index contributed by atoms with van der Waals surface area (Å²) in [6.07, 6.45) is 5.84. The minimum atomic E-state index is -1.13. The molecule has 3 aromatic rings. The number of ether oxygens (including phenoxy) is 8. The topological polar surface area (TPSA) is 209 Å². The third kappa shape index (κ3) is 17.3. The summed E-state index contributed by atoms with van der Waals surface area (Å²) in [6.45, 7) is 3.46. The molecule has 3 aromatic carbocycles. The highest BCUT2D eigenvalue weighted by Crippen LogP contribution is 2.42. The number of aliphatic hydroxyl groups is 1. The number of primary amides is 1. The number of hydrogen-bond acceptors (Lipinski definition) is 13. The summed E-state index contributed by atoms with van der Waals surface area (Å²) in [7, 11) is 3.27. The van der Waals surface area contributed by atoms with Gasteiger partial charge in [-0.15, -0.1) is 0 Å². The number of rotatable bonds is 32. The molecule has 4 rings (SSSR count). The number of methoxy groups -OCH3 is 2. The predicted octanol–water partition coefficient (Wildman–Crippen LogP) is 7.64. The molecule has 0 aromatic heterocycles. The smallest absolute Gasteiger partial charge is 0.303 e. The van der Waals surface area contributed by atoms with Crippen molar-refractivity contribution in [1.29, 1.82) is 0 Å². The van der Waals surface area contributed by atoms with E-state index in [0.29, 0.717) is 13.2 Å². The molecule has 4 N–H and O–H groups in total. The SMILES string of the molecule is COc1ccc(C(OC[C@@H](O)COCCCCCCCCCCCCCO[C@@H]2O[C@H](CCC(=O)O)[C@@H](OC(C)=O)[C@H](OC(C)=O)[C@H]2CC(N)=O)(c2ccccc2)c2ccc(OC)cc2)cc1. The molecule has 364 valence electrons. The van der Waals surface area contributed by atoms with Gasteiger partial charge < -0.3 is 53.8 Å². The van der Waals surface area contributed by atoms with Gasteiger partial charge in [0.15, 0.2) is 12.4 Å². The zero-order chi connectivity index (χ0) is 47.7. The largest absolute Gasteiger partial charge is 0.497 e. The lowest BCUT2D eigenvalue weighted by atomic mass is 9.80. The van der Waals surface area contributed by atoms with E-state index in [1.165, 1.54) is 13.8 Å². The molecule has 15 heteroatoms. The van der Waals surface area contributed by atoms with Crippen molar-refractivity contribution in [3.63, 3.8) is 0 Å². The molecule has 6 atom stereocenters. The van der Waals surface area contributed by atoms with Crippen LogP contribution in [-0.2, 0) is 53.2 Å². The Morgan fingerprint density at radius 1 is 0.667 bits per heavy atom. The number of hydrogen-bond donors (Lipinski definition) is 3. The number of nitrogens with two attached hydrogens (primary N) is 1. The average molecular weight is 922 g/mol. The van der Waals surface area contributed by atoms with Gasteiger partial charge in [0.1, 0.15) is 35.4 Å². The molecule has 66 heavy (non-hydrogen) atoms. The lowest BCUT2D eigenvalue weighted by Crippen LogP contribution is -2.58. The van der Waals surface area contributed by atoms with Crippen molar-refractivity contribution in [3.05, 3.63) is 95.6 Å². The number of carbonyl (C=O) groups is 4. The number of carboxylic acid groups (broad SMARTS) is 1. The third-order valence-corrected chi connectivity index (χ3v) is 11.6. The summed E-state index contributed by atoms with van der Waals surface area (Å²) in [6, 6.07) is 25.6. The molecule has 0 saturated carbocycles. The fraction of sp³-hybridized carbons (Fsp3) is 0.569. The Morgan fingerprint density at radius 3 is 1.64 bits per heavy atom. The molecule has 0 bridgehead atoms. The summed E-state index contributed by atoms with van der Waals surface area (Å²) >= 11 is 0. The van der Waals surface area contributed by atoms with Crippen LogP contribution in [0.2, 0.25) is 0 Å². The van der Waals surface area contributed by atoms with Crippen LogP contribution in [0.1, 0.15) is 120 Å². The van der Waals surface area contributed by atoms with Crippen LogP contribution in [0, 0.1) is 5.92 Å². The second kappa shape index (κ2) is 28.9. The van der Waals surface area contributed by atoms with E-state index in [2.05, 4.69) is 0 Å². The zero-order valence-corrected chi connectivity index (χ0v) is 39.1. The van der Waals surface area contributed by atoms with Crippen LogP contribution in [0.4, 0.5) is 0 Å². The molecule has 1 aliphatic rings. The Bertz CT molecular complexity index is 1830. The van der Waals surface area contributed by atoms with E-state index in [9.17, 15) is 29.4 Å². The van der Waals surface area contributed by atoms with E-state index in [0.717, 1.165) is 98.8 Å². The van der Waals surface area contributed by atoms with Gasteiger partial charge in [-0.3, -0.25) is 19.2 Å². The Kier molecular flexibility index (Phi) is 23.4. The highest BCUT2D eigenvalue weighted by atomic mass is 16.7. The second-order valence-corrected chi connectivity index (χ2v) is 16.8. The Morgan fingerprint density at radius 2 is 1.15 bits per heavy atom. The van der Waals surface area contributed by atoms with Gasteiger partial charge in [-0.2, -0.15) is 0 Å². The van der Waals surface area contributed by atoms with E-state index >= 15 is 0 Å². The van der Waals surface area contributed by atoms with E-state index in [1.807, 2.05) is 78.9 Å². The average Bonchev–Trinajstić information content (AvgIpc) is 3.30. The number of carboxylic acids is 1. The molecule has 1 saturated heterocycles. The Hall–Kier alpha value is -5.06. The monoisotopic (exact) mass is 921 g/mol. The summed E-state index contributed by atoms with van der Waals surface area (Å²) < 4.78 is 46.7. The van der Waals surface area contributed by atoms with Gasteiger partial charge in [0.05, 0.1) is 33.4 Å². The third-order valence-electron chi connectivity index (χ3n) is 11.6. The van der Waals surface area contributed by atoms with Gasteiger partial charge >= 0.3 is 17.9 Å². The number of esters is 2. The first kappa shape index (κ1) is 53.6. The van der Waals surface area contributed by atoms with Crippen molar-refractivity contribution >= 4 is 23.8 Å². The van der Waals surface area contributed by atoms with Crippen LogP contribution in [0.15, 0.2) is 78.9 Å². The van der Waals surface area contributed by atoms with E-state index < -0.39 is 66.0 Å². The number of amides is 1. The molecule has 1 fully saturated rings. The first-order valence-electron chi connectivity index (χ1n) is 23.2. The first-order valence-corrected chi connectivity index (χ1v) is 23.2. The van der Waals surface area contributed by atoms with Gasteiger partial charge in [0.25, 0.3) is 0 Å². The number of unbranched alkanes of at least 4 members (excludes halogenated alkanes) is 10. The lowest BCUT2D eigenvalue weighted by Gasteiger charge is -2.45. The quantitative estimate of drug-likeness (QED) is 0.0312. The van der Waals surface area contributed by atoms with Crippen LogP contribution < -0.4 is 15.2 Å². The number of aliphatic carboxylic acids is 1. The minimum absolute atomic E-state index is 0.0260. The molecule has 0 unspecified atom stereocenters. The van der Waals surface area contributed by atoms with E-state index in [4.69, 9.17) is 43.6 Å². The van der Waals surface area contributed by atoms with Crippen molar-refractivity contribution < 1.29 is 67.3 Å². The normalized spacial score (nSPS) is 18.8. The molecule has 0 radical (unpaired) electrons. The standard InChI is InChI=1S/C51H71NO14/c1-36(53)64-48-44(33-46(52)56)50(66-45(29-30-47(57)58)49(48)65-37(2)54)62-32-18-13-11-9-7-5-6-8-10-12-17-31-61-34-41(55)35-63-51(38-19-15-14-16-20-38,39-21-25-42(59-3)26-22-39)40-23-27-43(60-4)28-24-40/h14-16,19-28,41,44-45,48-50,55H,5-13,17-18,29-35H2,1-4H3,(H2,52,56)(H,57,58)/t41-,44+,45+,48+,49+,50+/m0/s1. The Balaban J connectivity index is 1.12. The van der Waals surface area contributed by atoms with Crippen LogP contribution in [-0.4, -0.2) is 105 Å². The summed E-state index contributed by atoms with van der Waals surface area (Å²) in [5.74, 6) is -2.47. The zero-order valence-electron chi connectivity index (χ0n) is 39.1. The van der Waals surface area contributed by atoms with Crippen molar-refractivity contribution in [2.45, 2.75) is 140 Å². The van der Waals surface area contributed by atoms with Gasteiger partial charge in [-0.1, -0.05) is 112 Å². The molecular weight excluding hydrogens is 851 g/mol. The van der Waals surface area contributed by atoms with Crippen molar-refractivity contribution in [2.75, 3.05) is 40.6 Å². The number of carbonyl (C=O) groups excluding carboxylic acids is 3. The molecular formula is C51H71NO14. The molecule has 0 spiro atoms. The highest BCUT2D eigenvalue weighted by Gasteiger charge is 2.50. The van der Waals surface area contributed by atoms with Crippen LogP contribution >= 0.6 is 0 Å². The van der Waals surface area contributed by atoms with Crippen LogP contribution in [0.3, 0.4) is 0 Å². The maximum absolute atomic E-state index is 12.1. The summed E-state index contributed by atoms with van der Waals surface area (Å²) in [4.78, 5) is 47.4. The number of aliphatic hydroxyl groups excluding tert-OH is 1. The summed E-state index contributed by atoms with van der Waals surface area (Å²) in [5.41, 5.74) is 7.21. The highest BCUT2D eigenvalue weighted by molar-refractivity contribution is 5.74. The van der Waals surface area contributed by atoms with Gasteiger partial charge in [0.2, 0.25) is 5.91 Å². The molecule has 1 heterocycles. The Labute approximate surface area is 389 Å². The minimum Gasteiger partial charge on any atom is -0.497 e. The molecule has 1 amide bonds. The first-order chi connectivity index (χ1) is 31.9. The van der Waals surface area contributed by atoms with Gasteiger partial charge in [0, 0.05) is 39.9 Å². The van der Waals surface area contributed by atoms with E-state index in [-0.39, 0.29) is 32.5 Å². The van der Waals surface area contributed by atoms with Crippen molar-refractivity contribution in [1.82, 2.24) is 0 Å². The van der Waals surface area contributed by atoms with Crippen LogP contribution in [0.5, 0.6) is 11.5 Å². The van der Waals surface area contributed by atoms with Gasteiger partial charge in [-0.05, 0) is 60.2 Å². The fourth-order valence-electron chi connectivity index (χ4n) is 8.41.